The summed E-state index contributed by atoms with van der Waals surface area (Å²) in [5.41, 5.74) is 5.34. The molecule has 3 atom stereocenters. The zero-order chi connectivity index (χ0) is 22.7. The van der Waals surface area contributed by atoms with Gasteiger partial charge >= 0.3 is 0 Å². The predicted molar refractivity (Wildman–Crippen MR) is 133 cm³/mol. The molecule has 3 heterocycles. The first kappa shape index (κ1) is 20.7. The lowest BCUT2D eigenvalue weighted by Gasteiger charge is -2.58. The number of rotatable bonds is 4. The van der Waals surface area contributed by atoms with E-state index in [0.717, 1.165) is 41.6 Å². The average molecular weight is 425 g/mol. The standard InChI is InChI=1S/C28H32N4/c1-7-27(6)26-31(21-15-11-10-12-16-21)24-25(30-20(5)19(4)29-24)32(26)23-18-14-13-17-22(23)28(27,8-2)9-3/h8,10-18,26H,2,7,9H2,1,3-6H3. The van der Waals surface area contributed by atoms with E-state index in [1.165, 1.54) is 11.3 Å². The molecule has 2 aromatic carbocycles. The van der Waals surface area contributed by atoms with Crippen LogP contribution in [-0.2, 0) is 5.41 Å². The third-order valence-electron chi connectivity index (χ3n) is 8.12. The molecule has 164 valence electrons. The molecule has 0 spiro atoms. The summed E-state index contributed by atoms with van der Waals surface area (Å²) in [6.07, 6.45) is 4.23. The minimum absolute atomic E-state index is 0.0407. The molecule has 0 amide bonds. The van der Waals surface area contributed by atoms with Gasteiger partial charge in [0.2, 0.25) is 0 Å². The summed E-state index contributed by atoms with van der Waals surface area (Å²) in [5.74, 6) is 1.89. The molecule has 4 nitrogen and oxygen atoms in total. The highest BCUT2D eigenvalue weighted by Gasteiger charge is 2.62. The first-order valence-electron chi connectivity index (χ1n) is 11.7. The summed E-state index contributed by atoms with van der Waals surface area (Å²) in [6, 6.07) is 19.4. The minimum atomic E-state index is -0.168. The highest BCUT2D eigenvalue weighted by Crippen LogP contribution is 2.64. The molecule has 3 aromatic rings. The van der Waals surface area contributed by atoms with Crippen LogP contribution in [0.15, 0.2) is 67.3 Å². The number of anilines is 4. The van der Waals surface area contributed by atoms with E-state index in [1.807, 2.05) is 0 Å². The molecule has 2 aliphatic rings. The van der Waals surface area contributed by atoms with Crippen LogP contribution in [-0.4, -0.2) is 16.1 Å². The van der Waals surface area contributed by atoms with Crippen LogP contribution in [0.5, 0.6) is 0 Å². The van der Waals surface area contributed by atoms with Gasteiger partial charge in [0.1, 0.15) is 6.17 Å². The quantitative estimate of drug-likeness (QED) is 0.423. The van der Waals surface area contributed by atoms with Gasteiger partial charge in [-0.15, -0.1) is 6.58 Å². The number of hydrogen-bond donors (Lipinski definition) is 0. The molecule has 2 aliphatic heterocycles. The van der Waals surface area contributed by atoms with Gasteiger partial charge < -0.3 is 9.80 Å². The van der Waals surface area contributed by atoms with Crippen LogP contribution < -0.4 is 9.80 Å². The van der Waals surface area contributed by atoms with Gasteiger partial charge in [0.15, 0.2) is 11.6 Å². The number of hydrogen-bond acceptors (Lipinski definition) is 4. The Bertz CT molecular complexity index is 1190. The largest absolute Gasteiger partial charge is 0.301 e. The van der Waals surface area contributed by atoms with Gasteiger partial charge in [0, 0.05) is 22.2 Å². The molecule has 0 radical (unpaired) electrons. The van der Waals surface area contributed by atoms with Crippen LogP contribution in [0.2, 0.25) is 0 Å². The number of aromatic nitrogens is 2. The predicted octanol–water partition coefficient (Wildman–Crippen LogP) is 6.97. The number of aryl methyl sites for hydroxylation is 2. The van der Waals surface area contributed by atoms with Gasteiger partial charge in [0.25, 0.3) is 0 Å². The summed E-state index contributed by atoms with van der Waals surface area (Å²) in [6.45, 7) is 15.5. The normalized spacial score (nSPS) is 25.8. The minimum Gasteiger partial charge on any atom is -0.301 e. The monoisotopic (exact) mass is 424 g/mol. The molecule has 1 aromatic heterocycles. The van der Waals surface area contributed by atoms with Gasteiger partial charge in [-0.1, -0.05) is 63.2 Å². The van der Waals surface area contributed by atoms with Crippen LogP contribution in [0.25, 0.3) is 0 Å². The zero-order valence-electron chi connectivity index (χ0n) is 19.8. The second-order valence-electron chi connectivity index (χ2n) is 9.31. The van der Waals surface area contributed by atoms with Crippen LogP contribution >= 0.6 is 0 Å². The summed E-state index contributed by atoms with van der Waals surface area (Å²) < 4.78 is 0. The molecule has 5 rings (SSSR count). The smallest absolute Gasteiger partial charge is 0.178 e. The number of nitrogens with zero attached hydrogens (tertiary/aromatic N) is 4. The van der Waals surface area contributed by atoms with E-state index in [4.69, 9.17) is 9.97 Å². The molecule has 0 saturated heterocycles. The molecule has 0 N–H and O–H groups in total. The average Bonchev–Trinajstić information content (AvgIpc) is 3.15. The Morgan fingerprint density at radius 3 is 2.06 bits per heavy atom. The zero-order valence-corrected chi connectivity index (χ0v) is 19.8. The molecule has 3 unspecified atom stereocenters. The summed E-state index contributed by atoms with van der Waals surface area (Å²) in [4.78, 5) is 15.1. The van der Waals surface area contributed by atoms with Gasteiger partial charge in [0.05, 0.1) is 11.4 Å². The van der Waals surface area contributed by atoms with Crippen molar-refractivity contribution in [2.75, 3.05) is 9.80 Å². The third-order valence-corrected chi connectivity index (χ3v) is 8.12. The fourth-order valence-electron chi connectivity index (χ4n) is 6.10. The first-order valence-corrected chi connectivity index (χ1v) is 11.7. The van der Waals surface area contributed by atoms with Gasteiger partial charge in [-0.3, -0.25) is 0 Å². The maximum absolute atomic E-state index is 5.11. The molecular formula is C28H32N4. The van der Waals surface area contributed by atoms with Crippen molar-refractivity contribution in [3.05, 3.63) is 84.2 Å². The topological polar surface area (TPSA) is 32.3 Å². The first-order chi connectivity index (χ1) is 15.4. The van der Waals surface area contributed by atoms with Crippen molar-refractivity contribution in [2.45, 2.75) is 59.0 Å². The van der Waals surface area contributed by atoms with E-state index < -0.39 is 0 Å². The number of benzene rings is 2. The fourth-order valence-corrected chi connectivity index (χ4v) is 6.10. The Hall–Kier alpha value is -3.14. The lowest BCUT2D eigenvalue weighted by Crippen LogP contribution is -2.62. The number of allylic oxidation sites excluding steroid dienone is 1. The maximum atomic E-state index is 5.11. The second kappa shape index (κ2) is 7.19. The Morgan fingerprint density at radius 2 is 1.47 bits per heavy atom. The summed E-state index contributed by atoms with van der Waals surface area (Å²) >= 11 is 0. The molecule has 0 aliphatic carbocycles. The molecule has 4 heteroatoms. The molecular weight excluding hydrogens is 392 g/mol. The maximum Gasteiger partial charge on any atom is 0.178 e. The highest BCUT2D eigenvalue weighted by atomic mass is 15.5. The second-order valence-corrected chi connectivity index (χ2v) is 9.31. The van der Waals surface area contributed by atoms with Gasteiger partial charge in [-0.25, -0.2) is 9.97 Å². The van der Waals surface area contributed by atoms with Crippen LogP contribution in [0, 0.1) is 19.3 Å². The number of para-hydroxylation sites is 2. The van der Waals surface area contributed by atoms with E-state index >= 15 is 0 Å². The van der Waals surface area contributed by atoms with Crippen LogP contribution in [0.3, 0.4) is 0 Å². The number of fused-ring (bicyclic) bond motifs is 5. The van der Waals surface area contributed by atoms with Crippen molar-refractivity contribution < 1.29 is 0 Å². The van der Waals surface area contributed by atoms with E-state index in [2.05, 4.69) is 112 Å². The molecule has 32 heavy (non-hydrogen) atoms. The lowest BCUT2D eigenvalue weighted by molar-refractivity contribution is 0.120. The lowest BCUT2D eigenvalue weighted by atomic mass is 9.54. The Morgan fingerprint density at radius 1 is 0.875 bits per heavy atom. The van der Waals surface area contributed by atoms with Crippen molar-refractivity contribution in [3.8, 4) is 0 Å². The molecule has 0 saturated carbocycles. The van der Waals surface area contributed by atoms with Crippen LogP contribution in [0.1, 0.15) is 50.6 Å². The van der Waals surface area contributed by atoms with Crippen molar-refractivity contribution in [1.82, 2.24) is 9.97 Å². The molecule has 0 fully saturated rings. The summed E-state index contributed by atoms with van der Waals surface area (Å²) in [7, 11) is 0. The van der Waals surface area contributed by atoms with E-state index in [9.17, 15) is 0 Å². The van der Waals surface area contributed by atoms with E-state index in [1.54, 1.807) is 0 Å². The van der Waals surface area contributed by atoms with Gasteiger partial charge in [-0.2, -0.15) is 0 Å². The SMILES string of the molecule is C=CC1(CC)c2ccccc2N2c3nc(C)c(C)nc3N(c3ccccc3)C2C1(C)CC. The van der Waals surface area contributed by atoms with E-state index in [-0.39, 0.29) is 17.0 Å². The van der Waals surface area contributed by atoms with E-state index in [0.29, 0.717) is 0 Å². The Labute approximate surface area is 191 Å². The summed E-state index contributed by atoms with van der Waals surface area (Å²) in [5, 5.41) is 0. The van der Waals surface area contributed by atoms with Crippen molar-refractivity contribution >= 4 is 23.0 Å². The van der Waals surface area contributed by atoms with Crippen molar-refractivity contribution in [3.63, 3.8) is 0 Å². The third kappa shape index (κ3) is 2.44. The van der Waals surface area contributed by atoms with Crippen molar-refractivity contribution in [1.29, 1.82) is 0 Å². The van der Waals surface area contributed by atoms with Crippen LogP contribution in [0.4, 0.5) is 23.0 Å². The fraction of sp³-hybridized carbons (Fsp3) is 0.357. The van der Waals surface area contributed by atoms with Gasteiger partial charge in [-0.05, 0) is 50.5 Å². The van der Waals surface area contributed by atoms with Crippen molar-refractivity contribution in [2.24, 2.45) is 5.41 Å². The molecule has 0 bridgehead atoms. The Kier molecular flexibility index (Phi) is 4.66. The Balaban J connectivity index is 1.91. The highest BCUT2D eigenvalue weighted by molar-refractivity contribution is 5.87.